The number of halogens is 1. The molecule has 0 amide bonds. The molecule has 2 N–H and O–H groups in total. The van der Waals surface area contributed by atoms with E-state index in [9.17, 15) is 19.4 Å². The number of carbonyl (C=O) groups is 1. The molecular formula is C14H15FN2O3S2. The fraction of sp³-hybridized carbons (Fsp3) is 0.429. The largest absolute Gasteiger partial charge is 0.504 e. The number of phenols is 1. The van der Waals surface area contributed by atoms with Crippen LogP contribution >= 0.6 is 23.5 Å². The van der Waals surface area contributed by atoms with Crippen LogP contribution in [0.15, 0.2) is 23.2 Å². The van der Waals surface area contributed by atoms with Gasteiger partial charge in [0, 0.05) is 11.5 Å². The van der Waals surface area contributed by atoms with Gasteiger partial charge in [-0.1, -0.05) is 6.07 Å². The first-order chi connectivity index (χ1) is 10.5. The Balaban J connectivity index is 1.80. The van der Waals surface area contributed by atoms with Crippen molar-refractivity contribution in [2.75, 3.05) is 18.6 Å². The van der Waals surface area contributed by atoms with Crippen LogP contribution in [0.1, 0.15) is 5.56 Å². The second-order valence-corrected chi connectivity index (χ2v) is 7.35. The number of hydrogen-bond acceptors (Lipinski definition) is 6. The number of thioether (sulfide) groups is 2. The highest BCUT2D eigenvalue weighted by Crippen LogP contribution is 2.37. The van der Waals surface area contributed by atoms with Gasteiger partial charge in [0.05, 0.1) is 17.0 Å². The molecule has 0 aromatic heterocycles. The Morgan fingerprint density at radius 1 is 1.45 bits per heavy atom. The summed E-state index contributed by atoms with van der Waals surface area (Å²) in [7, 11) is 1.79. The zero-order chi connectivity index (χ0) is 15.9. The summed E-state index contributed by atoms with van der Waals surface area (Å²) in [5.41, 5.74) is 0.396. The number of aliphatic imine (C=N–C) groups is 1. The maximum atomic E-state index is 13.4. The van der Waals surface area contributed by atoms with Crippen molar-refractivity contribution in [3.8, 4) is 5.75 Å². The topological polar surface area (TPSA) is 73.1 Å². The van der Waals surface area contributed by atoms with Gasteiger partial charge in [0.1, 0.15) is 11.1 Å². The van der Waals surface area contributed by atoms with Crippen molar-refractivity contribution in [1.29, 1.82) is 0 Å². The van der Waals surface area contributed by atoms with Gasteiger partial charge in [-0.05, 0) is 19.2 Å². The fourth-order valence-corrected chi connectivity index (χ4v) is 5.36. The highest BCUT2D eigenvalue weighted by molar-refractivity contribution is 8.14. The first kappa shape index (κ1) is 15.6. The van der Waals surface area contributed by atoms with Crippen LogP contribution in [0.3, 0.4) is 0 Å². The molecule has 0 spiro atoms. The van der Waals surface area contributed by atoms with Crippen LogP contribution < -0.4 is 0 Å². The summed E-state index contributed by atoms with van der Waals surface area (Å²) >= 11 is 3.04. The lowest BCUT2D eigenvalue weighted by Gasteiger charge is -2.24. The van der Waals surface area contributed by atoms with Crippen molar-refractivity contribution in [3.63, 3.8) is 0 Å². The van der Waals surface area contributed by atoms with E-state index in [0.29, 0.717) is 22.1 Å². The third-order valence-electron chi connectivity index (χ3n) is 3.82. The summed E-state index contributed by atoms with van der Waals surface area (Å²) in [6, 6.07) is 3.81. The molecule has 1 aromatic rings. The minimum Gasteiger partial charge on any atom is -0.504 e. The lowest BCUT2D eigenvalue weighted by molar-refractivity contribution is -0.141. The van der Waals surface area contributed by atoms with E-state index >= 15 is 0 Å². The van der Waals surface area contributed by atoms with E-state index in [1.807, 2.05) is 4.90 Å². The smallest absolute Gasteiger partial charge is 0.321 e. The van der Waals surface area contributed by atoms with Crippen molar-refractivity contribution in [3.05, 3.63) is 29.6 Å². The van der Waals surface area contributed by atoms with Crippen LogP contribution in [0.4, 0.5) is 4.39 Å². The quantitative estimate of drug-likeness (QED) is 0.873. The number of rotatable bonds is 3. The summed E-state index contributed by atoms with van der Waals surface area (Å²) in [4.78, 5) is 17.6. The Morgan fingerprint density at radius 2 is 2.23 bits per heavy atom. The third kappa shape index (κ3) is 2.70. The molecule has 3 atom stereocenters. The van der Waals surface area contributed by atoms with Crippen molar-refractivity contribution in [2.24, 2.45) is 4.99 Å². The minimum atomic E-state index is -0.824. The molecule has 2 aliphatic rings. The number of hydrogen-bond donors (Lipinski definition) is 2. The van der Waals surface area contributed by atoms with Gasteiger partial charge in [-0.2, -0.15) is 0 Å². The molecule has 1 fully saturated rings. The van der Waals surface area contributed by atoms with Crippen LogP contribution in [0.5, 0.6) is 5.75 Å². The lowest BCUT2D eigenvalue weighted by Crippen LogP contribution is -2.42. The predicted octanol–water partition coefficient (Wildman–Crippen LogP) is 1.85. The Morgan fingerprint density at radius 3 is 2.91 bits per heavy atom. The maximum absolute atomic E-state index is 13.4. The van der Waals surface area contributed by atoms with Crippen LogP contribution in [0, 0.1) is 5.82 Å². The number of phenolic OH excluding ortho intramolecular Hbond substituents is 1. The Labute approximate surface area is 135 Å². The summed E-state index contributed by atoms with van der Waals surface area (Å²) in [6.07, 6.45) is 0. The van der Waals surface area contributed by atoms with E-state index in [-0.39, 0.29) is 17.2 Å². The standard InChI is InChI=1S/C14H15FN2O3S2/c1-17-10(14(19)20)6-22-13(17)9-5-21-12(16-9)7-3-2-4-8(15)11(7)18/h2-4,9-10,13,18H,5-6H2,1H3,(H,19,20). The molecule has 3 unspecified atom stereocenters. The van der Waals surface area contributed by atoms with Crippen LogP contribution in [-0.4, -0.2) is 62.1 Å². The molecule has 2 aliphatic heterocycles. The van der Waals surface area contributed by atoms with Crippen LogP contribution in [0.2, 0.25) is 0 Å². The third-order valence-corrected chi connectivity index (χ3v) is 6.43. The van der Waals surface area contributed by atoms with Crippen LogP contribution in [-0.2, 0) is 4.79 Å². The minimum absolute atomic E-state index is 0.0122. The highest BCUT2D eigenvalue weighted by atomic mass is 32.2. The Kier molecular flexibility index (Phi) is 4.33. The number of likely N-dealkylation sites (N-methyl/N-ethyl adjacent to an activating group) is 1. The lowest BCUT2D eigenvalue weighted by atomic mass is 10.2. The van der Waals surface area contributed by atoms with Crippen LogP contribution in [0.25, 0.3) is 0 Å². The molecule has 22 heavy (non-hydrogen) atoms. The Bertz CT molecular complexity index is 641. The molecule has 8 heteroatoms. The first-order valence-electron chi connectivity index (χ1n) is 6.74. The van der Waals surface area contributed by atoms with E-state index < -0.39 is 17.8 Å². The van der Waals surface area contributed by atoms with Crippen molar-refractivity contribution >= 4 is 34.5 Å². The van der Waals surface area contributed by atoms with Gasteiger partial charge >= 0.3 is 5.97 Å². The average Bonchev–Trinajstić information content (AvgIpc) is 3.08. The van der Waals surface area contributed by atoms with E-state index in [4.69, 9.17) is 0 Å². The SMILES string of the molecule is CN1C(C(=O)O)CSC1C1CSC(c2cccc(F)c2O)=N1. The molecule has 0 saturated carbocycles. The zero-order valence-corrected chi connectivity index (χ0v) is 13.4. The molecule has 2 heterocycles. The van der Waals surface area contributed by atoms with Gasteiger partial charge in [-0.25, -0.2) is 4.39 Å². The molecular weight excluding hydrogens is 327 g/mol. The predicted molar refractivity (Wildman–Crippen MR) is 86.3 cm³/mol. The van der Waals surface area contributed by atoms with Gasteiger partial charge in [0.2, 0.25) is 0 Å². The number of carboxylic acid groups (broad SMARTS) is 1. The summed E-state index contributed by atoms with van der Waals surface area (Å²) in [6.45, 7) is 0. The molecule has 0 bridgehead atoms. The Hall–Kier alpha value is -1.25. The van der Waals surface area contributed by atoms with Crippen molar-refractivity contribution < 1.29 is 19.4 Å². The second-order valence-electron chi connectivity index (χ2n) is 5.19. The molecule has 3 rings (SSSR count). The molecule has 0 aliphatic carbocycles. The fourth-order valence-electron chi connectivity index (χ4n) is 2.60. The number of aromatic hydroxyl groups is 1. The van der Waals surface area contributed by atoms with Gasteiger partial charge in [0.25, 0.3) is 0 Å². The monoisotopic (exact) mass is 342 g/mol. The normalized spacial score (nSPS) is 28.8. The van der Waals surface area contributed by atoms with Gasteiger partial charge in [-0.3, -0.25) is 14.7 Å². The molecule has 1 aromatic carbocycles. The van der Waals surface area contributed by atoms with Crippen molar-refractivity contribution in [2.45, 2.75) is 17.5 Å². The second kappa shape index (κ2) is 6.10. The van der Waals surface area contributed by atoms with Gasteiger partial charge < -0.3 is 10.2 Å². The van der Waals surface area contributed by atoms with Crippen molar-refractivity contribution in [1.82, 2.24) is 4.90 Å². The first-order valence-corrected chi connectivity index (χ1v) is 8.77. The van der Waals surface area contributed by atoms with E-state index in [1.54, 1.807) is 24.9 Å². The average molecular weight is 342 g/mol. The van der Waals surface area contributed by atoms with Gasteiger partial charge in [-0.15, -0.1) is 23.5 Å². The molecule has 118 valence electrons. The molecule has 0 radical (unpaired) electrons. The highest BCUT2D eigenvalue weighted by Gasteiger charge is 2.41. The molecule has 1 saturated heterocycles. The van der Waals surface area contributed by atoms with Gasteiger partial charge in [0.15, 0.2) is 11.6 Å². The van der Waals surface area contributed by atoms with E-state index in [0.717, 1.165) is 0 Å². The number of para-hydroxylation sites is 1. The van der Waals surface area contributed by atoms with E-state index in [1.165, 1.54) is 23.9 Å². The maximum Gasteiger partial charge on any atom is 0.321 e. The zero-order valence-electron chi connectivity index (χ0n) is 11.8. The summed E-state index contributed by atoms with van der Waals surface area (Å²) in [5.74, 6) is -0.643. The number of aliphatic carboxylic acids is 1. The number of benzene rings is 1. The number of nitrogens with zero attached hydrogens (tertiary/aromatic N) is 2. The number of carboxylic acids is 1. The van der Waals surface area contributed by atoms with E-state index in [2.05, 4.69) is 4.99 Å². The molecule has 5 nitrogen and oxygen atoms in total. The summed E-state index contributed by atoms with van der Waals surface area (Å²) < 4.78 is 13.4. The summed E-state index contributed by atoms with van der Waals surface area (Å²) in [5, 5.41) is 19.6.